The number of ether oxygens (including phenoxy) is 1. The van der Waals surface area contributed by atoms with Crippen LogP contribution in [0, 0.1) is 11.3 Å². The van der Waals surface area contributed by atoms with Crippen LogP contribution in [0.15, 0.2) is 37.1 Å². The highest BCUT2D eigenvalue weighted by molar-refractivity contribution is 5.20. The normalized spacial score (nSPS) is 32.6. The summed E-state index contributed by atoms with van der Waals surface area (Å²) in [5, 5.41) is 9.26. The van der Waals surface area contributed by atoms with Gasteiger partial charge in [-0.3, -0.25) is 0 Å². The van der Waals surface area contributed by atoms with Gasteiger partial charge in [0.25, 0.3) is 0 Å². The van der Waals surface area contributed by atoms with Crippen LogP contribution >= 0.6 is 0 Å². The summed E-state index contributed by atoms with van der Waals surface area (Å²) >= 11 is 0. The number of rotatable bonds is 4. The van der Waals surface area contributed by atoms with Gasteiger partial charge in [-0.2, -0.15) is 0 Å². The van der Waals surface area contributed by atoms with Crippen LogP contribution in [0.2, 0.25) is 0 Å². The summed E-state index contributed by atoms with van der Waals surface area (Å²) < 4.78 is 5.33. The monoisotopic (exact) mass is 194 g/mol. The minimum absolute atomic E-state index is 0.00500. The molecule has 0 aromatic rings. The Bertz CT molecular complexity index is 255. The van der Waals surface area contributed by atoms with Crippen LogP contribution in [0.4, 0.5) is 0 Å². The molecule has 3 unspecified atom stereocenters. The van der Waals surface area contributed by atoms with Crippen molar-refractivity contribution in [3.63, 3.8) is 0 Å². The van der Waals surface area contributed by atoms with E-state index in [4.69, 9.17) is 4.74 Å². The van der Waals surface area contributed by atoms with Crippen LogP contribution in [0.3, 0.4) is 0 Å². The van der Waals surface area contributed by atoms with Gasteiger partial charge >= 0.3 is 0 Å². The fourth-order valence-corrected chi connectivity index (χ4v) is 1.76. The number of hydrogen-bond acceptors (Lipinski definition) is 2. The van der Waals surface area contributed by atoms with E-state index in [2.05, 4.69) is 32.6 Å². The molecule has 0 saturated carbocycles. The Morgan fingerprint density at radius 3 is 2.86 bits per heavy atom. The van der Waals surface area contributed by atoms with Gasteiger partial charge in [0, 0.05) is 5.41 Å². The summed E-state index contributed by atoms with van der Waals surface area (Å²) in [7, 11) is 0. The van der Waals surface area contributed by atoms with E-state index in [-0.39, 0.29) is 18.1 Å². The molecule has 0 aromatic heterocycles. The maximum Gasteiger partial charge on any atom is 0.130 e. The van der Waals surface area contributed by atoms with Crippen LogP contribution in [-0.2, 0) is 4.74 Å². The van der Waals surface area contributed by atoms with E-state index in [0.717, 1.165) is 0 Å². The van der Waals surface area contributed by atoms with E-state index in [1.165, 1.54) is 6.26 Å². The first-order valence-corrected chi connectivity index (χ1v) is 4.88. The number of aliphatic hydroxyl groups excluding tert-OH is 1. The maximum absolute atomic E-state index is 9.26. The van der Waals surface area contributed by atoms with Crippen molar-refractivity contribution in [1.29, 1.82) is 0 Å². The van der Waals surface area contributed by atoms with E-state index < -0.39 is 0 Å². The second kappa shape index (κ2) is 4.47. The molecule has 0 spiro atoms. The molecular formula is C12H18O2. The van der Waals surface area contributed by atoms with Crippen molar-refractivity contribution in [3.05, 3.63) is 37.1 Å². The highest BCUT2D eigenvalue weighted by Crippen LogP contribution is 2.37. The van der Waals surface area contributed by atoms with Crippen molar-refractivity contribution >= 4 is 0 Å². The van der Waals surface area contributed by atoms with Gasteiger partial charge in [0.2, 0.25) is 0 Å². The summed E-state index contributed by atoms with van der Waals surface area (Å²) in [6.07, 6.45) is 9.39. The third-order valence-corrected chi connectivity index (χ3v) is 3.07. The molecule has 78 valence electrons. The van der Waals surface area contributed by atoms with Gasteiger partial charge < -0.3 is 9.84 Å². The predicted octanol–water partition coefficient (Wildman–Crippen LogP) is 2.28. The fourth-order valence-electron chi connectivity index (χ4n) is 1.76. The van der Waals surface area contributed by atoms with Gasteiger partial charge in [-0.25, -0.2) is 0 Å². The fraction of sp³-hybridized carbons (Fsp3) is 0.500. The van der Waals surface area contributed by atoms with Gasteiger partial charge in [0.1, 0.15) is 6.10 Å². The van der Waals surface area contributed by atoms with Crippen molar-refractivity contribution in [2.45, 2.75) is 20.0 Å². The lowest BCUT2D eigenvalue weighted by Crippen LogP contribution is -2.40. The predicted molar refractivity (Wildman–Crippen MR) is 57.7 cm³/mol. The highest BCUT2D eigenvalue weighted by atomic mass is 16.5. The molecule has 0 radical (unpaired) electrons. The summed E-state index contributed by atoms with van der Waals surface area (Å²) in [5.74, 6) is 0.351. The van der Waals surface area contributed by atoms with Gasteiger partial charge in [-0.1, -0.05) is 44.7 Å². The van der Waals surface area contributed by atoms with Crippen LogP contribution in [0.1, 0.15) is 13.8 Å². The minimum atomic E-state index is -0.226. The molecule has 0 aromatic carbocycles. The topological polar surface area (TPSA) is 29.5 Å². The zero-order chi connectivity index (χ0) is 10.6. The lowest BCUT2D eigenvalue weighted by molar-refractivity contribution is -0.00967. The maximum atomic E-state index is 9.26. The lowest BCUT2D eigenvalue weighted by Gasteiger charge is -2.38. The molecule has 0 amide bonds. The van der Waals surface area contributed by atoms with Crippen LogP contribution in [0.5, 0.6) is 0 Å². The second-order valence-corrected chi connectivity index (χ2v) is 3.87. The van der Waals surface area contributed by atoms with Gasteiger partial charge in [-0.05, 0) is 5.92 Å². The Hall–Kier alpha value is -1.02. The molecule has 1 aliphatic rings. The molecule has 0 heterocycles. The SMILES string of the molecule is C=COC(CO)C1(C)C=CC=CC1C. The summed E-state index contributed by atoms with van der Waals surface area (Å²) in [6, 6.07) is 0. The van der Waals surface area contributed by atoms with Crippen molar-refractivity contribution in [2.24, 2.45) is 11.3 Å². The van der Waals surface area contributed by atoms with Crippen molar-refractivity contribution in [3.8, 4) is 0 Å². The highest BCUT2D eigenvalue weighted by Gasteiger charge is 2.37. The third kappa shape index (κ3) is 1.90. The Balaban J connectivity index is 2.85. The van der Waals surface area contributed by atoms with Crippen LogP contribution in [-0.4, -0.2) is 17.8 Å². The van der Waals surface area contributed by atoms with E-state index in [9.17, 15) is 5.11 Å². The molecule has 1 N–H and O–H groups in total. The molecule has 1 rings (SSSR count). The molecule has 2 nitrogen and oxygen atoms in total. The van der Waals surface area contributed by atoms with Crippen molar-refractivity contribution < 1.29 is 9.84 Å². The quantitative estimate of drug-likeness (QED) is 0.696. The van der Waals surface area contributed by atoms with Crippen LogP contribution < -0.4 is 0 Å². The Morgan fingerprint density at radius 2 is 2.36 bits per heavy atom. The molecule has 0 saturated heterocycles. The first kappa shape index (κ1) is 11.1. The molecule has 0 fully saturated rings. The minimum Gasteiger partial charge on any atom is -0.495 e. The lowest BCUT2D eigenvalue weighted by atomic mass is 9.71. The first-order valence-electron chi connectivity index (χ1n) is 4.88. The third-order valence-electron chi connectivity index (χ3n) is 3.07. The standard InChI is InChI=1S/C12H18O2/c1-4-14-11(9-13)12(3)8-6-5-7-10(12)2/h4-8,10-11,13H,1,9H2,2-3H3. The van der Waals surface area contributed by atoms with Gasteiger partial charge in [0.15, 0.2) is 0 Å². The number of hydrogen-bond donors (Lipinski definition) is 1. The molecule has 0 aliphatic heterocycles. The van der Waals surface area contributed by atoms with E-state index in [1.807, 2.05) is 12.2 Å². The molecular weight excluding hydrogens is 176 g/mol. The smallest absolute Gasteiger partial charge is 0.130 e. The summed E-state index contributed by atoms with van der Waals surface area (Å²) in [4.78, 5) is 0. The number of aliphatic hydroxyl groups is 1. The Morgan fingerprint density at radius 1 is 1.64 bits per heavy atom. The van der Waals surface area contributed by atoms with E-state index in [1.54, 1.807) is 0 Å². The summed E-state index contributed by atoms with van der Waals surface area (Å²) in [6.45, 7) is 7.73. The Labute approximate surface area is 85.6 Å². The van der Waals surface area contributed by atoms with Crippen molar-refractivity contribution in [1.82, 2.24) is 0 Å². The summed E-state index contributed by atoms with van der Waals surface area (Å²) in [5.41, 5.74) is -0.155. The van der Waals surface area contributed by atoms with E-state index in [0.29, 0.717) is 5.92 Å². The van der Waals surface area contributed by atoms with Gasteiger partial charge in [0.05, 0.1) is 12.9 Å². The molecule has 1 aliphatic carbocycles. The molecule has 14 heavy (non-hydrogen) atoms. The first-order chi connectivity index (χ1) is 6.65. The largest absolute Gasteiger partial charge is 0.495 e. The molecule has 3 atom stereocenters. The number of allylic oxidation sites excluding steroid dienone is 3. The zero-order valence-corrected chi connectivity index (χ0v) is 8.81. The van der Waals surface area contributed by atoms with Crippen molar-refractivity contribution in [2.75, 3.05) is 6.61 Å². The van der Waals surface area contributed by atoms with E-state index >= 15 is 0 Å². The molecule has 0 bridgehead atoms. The molecule has 2 heteroatoms. The van der Waals surface area contributed by atoms with Gasteiger partial charge in [-0.15, -0.1) is 0 Å². The Kier molecular flexibility index (Phi) is 3.53. The average molecular weight is 194 g/mol. The zero-order valence-electron chi connectivity index (χ0n) is 8.81. The average Bonchev–Trinajstić information content (AvgIpc) is 2.19. The second-order valence-electron chi connectivity index (χ2n) is 3.87. The van der Waals surface area contributed by atoms with Crippen LogP contribution in [0.25, 0.3) is 0 Å².